The molecule has 0 spiro atoms. The van der Waals surface area contributed by atoms with Gasteiger partial charge in [0.2, 0.25) is 0 Å². The molecule has 0 bridgehead atoms. The Kier molecular flexibility index (Phi) is 4.17. The van der Waals surface area contributed by atoms with Gasteiger partial charge in [-0.1, -0.05) is 42.5 Å². The fraction of sp³-hybridized carbons (Fsp3) is 0.273. The van der Waals surface area contributed by atoms with Crippen LogP contribution in [0.4, 0.5) is 0 Å². The van der Waals surface area contributed by atoms with Crippen LogP contribution in [-0.2, 0) is 11.5 Å². The quantitative estimate of drug-likeness (QED) is 0.605. The molecule has 0 saturated carbocycles. The Bertz CT molecular complexity index is 226. The van der Waals surface area contributed by atoms with Crippen LogP contribution in [0, 0.1) is 0 Å². The summed E-state index contributed by atoms with van der Waals surface area (Å²) in [6, 6.07) is 10.2. The van der Waals surface area contributed by atoms with Gasteiger partial charge in [-0.3, -0.25) is 0 Å². The number of hydrogen-bond acceptors (Lipinski definition) is 0. The number of rotatable bonds is 4. The van der Waals surface area contributed by atoms with E-state index in [1.165, 1.54) is 5.56 Å². The third kappa shape index (κ3) is 3.35. The molecule has 1 aromatic rings. The predicted octanol–water partition coefficient (Wildman–Crippen LogP) is 2.61. The van der Waals surface area contributed by atoms with Crippen LogP contribution in [0.15, 0.2) is 42.5 Å². The number of allylic oxidation sites excluding steroid dienone is 1. The summed E-state index contributed by atoms with van der Waals surface area (Å²) in [5, 5.41) is 10.1. The predicted molar refractivity (Wildman–Crippen MR) is 49.5 cm³/mol. The summed E-state index contributed by atoms with van der Waals surface area (Å²) in [6.07, 6.45) is 5.57. The molecule has 1 rings (SSSR count). The van der Waals surface area contributed by atoms with Gasteiger partial charge in [-0.25, -0.2) is 5.11 Å². The second-order valence-corrected chi connectivity index (χ2v) is 2.65. The fourth-order valence-electron chi connectivity index (χ4n) is 1.02. The molecular weight excluding hydrogens is 148 g/mol. The highest BCUT2D eigenvalue weighted by Crippen LogP contribution is 2.00. The number of hydrogen-bond donors (Lipinski definition) is 0. The minimum atomic E-state index is -0.00864. The van der Waals surface area contributed by atoms with Crippen LogP contribution in [0.5, 0.6) is 0 Å². The van der Waals surface area contributed by atoms with Crippen molar-refractivity contribution in [2.24, 2.45) is 0 Å². The van der Waals surface area contributed by atoms with E-state index in [1.54, 1.807) is 0 Å². The van der Waals surface area contributed by atoms with Crippen LogP contribution < -0.4 is 0 Å². The zero-order valence-corrected chi connectivity index (χ0v) is 7.07. The SMILES string of the molecule is [O]CC/C=C/Cc1ccccc1. The molecule has 0 fully saturated rings. The lowest BCUT2D eigenvalue weighted by Crippen LogP contribution is -1.79. The zero-order valence-electron chi connectivity index (χ0n) is 7.07. The molecule has 0 unspecified atom stereocenters. The Balaban J connectivity index is 2.33. The summed E-state index contributed by atoms with van der Waals surface area (Å²) in [6.45, 7) is -0.00864. The normalized spacial score (nSPS) is 10.8. The van der Waals surface area contributed by atoms with Crippen molar-refractivity contribution < 1.29 is 5.11 Å². The fourth-order valence-corrected chi connectivity index (χ4v) is 1.02. The van der Waals surface area contributed by atoms with Gasteiger partial charge >= 0.3 is 0 Å². The van der Waals surface area contributed by atoms with E-state index >= 15 is 0 Å². The topological polar surface area (TPSA) is 19.9 Å². The summed E-state index contributed by atoms with van der Waals surface area (Å²) >= 11 is 0. The van der Waals surface area contributed by atoms with E-state index in [1.807, 2.05) is 30.4 Å². The lowest BCUT2D eigenvalue weighted by Gasteiger charge is -1.93. The van der Waals surface area contributed by atoms with E-state index in [0.717, 1.165) is 6.42 Å². The van der Waals surface area contributed by atoms with Gasteiger partial charge < -0.3 is 0 Å². The van der Waals surface area contributed by atoms with E-state index < -0.39 is 0 Å². The van der Waals surface area contributed by atoms with Crippen LogP contribution in [-0.4, -0.2) is 6.61 Å². The van der Waals surface area contributed by atoms with E-state index in [2.05, 4.69) is 12.1 Å². The first-order valence-electron chi connectivity index (χ1n) is 4.20. The van der Waals surface area contributed by atoms with Crippen LogP contribution in [0.1, 0.15) is 12.0 Å². The first-order chi connectivity index (χ1) is 5.93. The molecule has 0 aromatic heterocycles. The Morgan fingerprint density at radius 3 is 2.50 bits per heavy atom. The van der Waals surface area contributed by atoms with Crippen molar-refractivity contribution >= 4 is 0 Å². The largest absolute Gasteiger partial charge is 0.236 e. The number of benzene rings is 1. The van der Waals surface area contributed by atoms with Crippen LogP contribution >= 0.6 is 0 Å². The van der Waals surface area contributed by atoms with Gasteiger partial charge in [-0.05, 0) is 18.4 Å². The first-order valence-corrected chi connectivity index (χ1v) is 4.20. The lowest BCUT2D eigenvalue weighted by molar-refractivity contribution is 0.199. The van der Waals surface area contributed by atoms with Gasteiger partial charge in [0.05, 0.1) is 6.61 Å². The van der Waals surface area contributed by atoms with Gasteiger partial charge in [0.15, 0.2) is 0 Å². The minimum Gasteiger partial charge on any atom is -0.236 e. The van der Waals surface area contributed by atoms with E-state index in [9.17, 15) is 5.11 Å². The highest BCUT2D eigenvalue weighted by Gasteiger charge is 1.84. The maximum Gasteiger partial charge on any atom is 0.0856 e. The Morgan fingerprint density at radius 2 is 1.83 bits per heavy atom. The molecule has 1 heteroatoms. The average molecular weight is 161 g/mol. The molecule has 1 nitrogen and oxygen atoms in total. The molecule has 0 aliphatic rings. The molecule has 0 saturated heterocycles. The van der Waals surface area contributed by atoms with Gasteiger partial charge in [-0.15, -0.1) is 0 Å². The third-order valence-electron chi connectivity index (χ3n) is 1.65. The maximum absolute atomic E-state index is 10.1. The zero-order chi connectivity index (χ0) is 8.65. The monoisotopic (exact) mass is 161 g/mol. The summed E-state index contributed by atoms with van der Waals surface area (Å²) in [5.74, 6) is 0. The molecular formula is C11H13O. The molecule has 0 atom stereocenters. The van der Waals surface area contributed by atoms with Gasteiger partial charge in [0.25, 0.3) is 0 Å². The van der Waals surface area contributed by atoms with Crippen molar-refractivity contribution in [1.82, 2.24) is 0 Å². The van der Waals surface area contributed by atoms with Gasteiger partial charge in [0, 0.05) is 0 Å². The summed E-state index contributed by atoms with van der Waals surface area (Å²) in [7, 11) is 0. The van der Waals surface area contributed by atoms with Crippen molar-refractivity contribution in [2.45, 2.75) is 12.8 Å². The molecule has 1 aromatic carbocycles. The van der Waals surface area contributed by atoms with Gasteiger partial charge in [0.1, 0.15) is 0 Å². The Morgan fingerprint density at radius 1 is 1.08 bits per heavy atom. The lowest BCUT2D eigenvalue weighted by atomic mass is 10.1. The van der Waals surface area contributed by atoms with Crippen LogP contribution in [0.2, 0.25) is 0 Å². The second kappa shape index (κ2) is 5.56. The van der Waals surface area contributed by atoms with Gasteiger partial charge in [-0.2, -0.15) is 0 Å². The highest BCUT2D eigenvalue weighted by atomic mass is 16.2. The van der Waals surface area contributed by atoms with Crippen molar-refractivity contribution in [3.8, 4) is 0 Å². The van der Waals surface area contributed by atoms with E-state index in [-0.39, 0.29) is 6.61 Å². The molecule has 0 aliphatic carbocycles. The highest BCUT2D eigenvalue weighted by molar-refractivity contribution is 5.17. The second-order valence-electron chi connectivity index (χ2n) is 2.65. The minimum absolute atomic E-state index is 0.00864. The van der Waals surface area contributed by atoms with Crippen LogP contribution in [0.25, 0.3) is 0 Å². The molecule has 12 heavy (non-hydrogen) atoms. The van der Waals surface area contributed by atoms with Crippen molar-refractivity contribution in [3.05, 3.63) is 48.0 Å². The van der Waals surface area contributed by atoms with Crippen molar-refractivity contribution in [2.75, 3.05) is 6.61 Å². The molecule has 63 valence electrons. The molecule has 0 heterocycles. The standard InChI is InChI=1S/C11H13O/c12-10-6-2-5-9-11-7-3-1-4-8-11/h1-5,7-8H,6,9-10H2/b5-2+. The summed E-state index contributed by atoms with van der Waals surface area (Å²) < 4.78 is 0. The smallest absolute Gasteiger partial charge is 0.0856 e. The van der Waals surface area contributed by atoms with E-state index in [4.69, 9.17) is 0 Å². The van der Waals surface area contributed by atoms with Crippen molar-refractivity contribution in [1.29, 1.82) is 0 Å². The van der Waals surface area contributed by atoms with Crippen molar-refractivity contribution in [3.63, 3.8) is 0 Å². The maximum atomic E-state index is 10.1. The Labute approximate surface area is 73.4 Å². The molecule has 0 amide bonds. The molecule has 0 N–H and O–H groups in total. The van der Waals surface area contributed by atoms with Crippen LogP contribution in [0.3, 0.4) is 0 Å². The first kappa shape index (κ1) is 9.01. The van der Waals surface area contributed by atoms with E-state index in [0.29, 0.717) is 6.42 Å². The summed E-state index contributed by atoms with van der Waals surface area (Å²) in [4.78, 5) is 0. The average Bonchev–Trinajstić information content (AvgIpc) is 2.14. The summed E-state index contributed by atoms with van der Waals surface area (Å²) in [5.41, 5.74) is 1.29. The molecule has 1 radical (unpaired) electrons. The third-order valence-corrected chi connectivity index (χ3v) is 1.65. The molecule has 0 aliphatic heterocycles. The Hall–Kier alpha value is -1.08.